The summed E-state index contributed by atoms with van der Waals surface area (Å²) in [5.41, 5.74) is 1.67. The van der Waals surface area contributed by atoms with E-state index in [4.69, 9.17) is 4.74 Å². The Morgan fingerprint density at radius 2 is 1.95 bits per heavy atom. The van der Waals surface area contributed by atoms with E-state index in [0.29, 0.717) is 12.0 Å². The Morgan fingerprint density at radius 1 is 1.16 bits per heavy atom. The van der Waals surface area contributed by atoms with Gasteiger partial charge in [-0.15, -0.1) is 0 Å². The summed E-state index contributed by atoms with van der Waals surface area (Å²) in [6.07, 6.45) is 0.374. The van der Waals surface area contributed by atoms with E-state index in [1.165, 1.54) is 0 Å². The SMILES string of the molecule is COc1ccc(CC(=O)c2cccc(Br)c2)cc1Br. The molecule has 19 heavy (non-hydrogen) atoms. The molecule has 2 rings (SSSR count). The van der Waals surface area contributed by atoms with Crippen LogP contribution in [0.15, 0.2) is 51.4 Å². The molecule has 0 aliphatic heterocycles. The Hall–Kier alpha value is -1.13. The van der Waals surface area contributed by atoms with E-state index in [2.05, 4.69) is 31.9 Å². The van der Waals surface area contributed by atoms with Crippen molar-refractivity contribution < 1.29 is 9.53 Å². The van der Waals surface area contributed by atoms with Crippen LogP contribution in [-0.2, 0) is 6.42 Å². The summed E-state index contributed by atoms with van der Waals surface area (Å²) in [5, 5.41) is 0. The third-order valence-corrected chi connectivity index (χ3v) is 3.84. The molecule has 2 aromatic carbocycles. The average molecular weight is 384 g/mol. The Labute approximate surface area is 129 Å². The summed E-state index contributed by atoms with van der Waals surface area (Å²) in [4.78, 5) is 12.2. The van der Waals surface area contributed by atoms with Gasteiger partial charge in [-0.2, -0.15) is 0 Å². The van der Waals surface area contributed by atoms with Crippen LogP contribution < -0.4 is 4.74 Å². The van der Waals surface area contributed by atoms with Crippen molar-refractivity contribution in [1.29, 1.82) is 0 Å². The Morgan fingerprint density at radius 3 is 2.58 bits per heavy atom. The third kappa shape index (κ3) is 3.67. The highest BCUT2D eigenvalue weighted by atomic mass is 79.9. The van der Waals surface area contributed by atoms with Gasteiger partial charge in [0.1, 0.15) is 5.75 Å². The molecule has 0 atom stereocenters. The minimum Gasteiger partial charge on any atom is -0.496 e. The van der Waals surface area contributed by atoms with Gasteiger partial charge in [-0.3, -0.25) is 4.79 Å². The first-order valence-electron chi connectivity index (χ1n) is 5.71. The molecule has 0 fully saturated rings. The van der Waals surface area contributed by atoms with Gasteiger partial charge in [0, 0.05) is 16.5 Å². The summed E-state index contributed by atoms with van der Waals surface area (Å²) in [6.45, 7) is 0. The fourth-order valence-electron chi connectivity index (χ4n) is 1.77. The van der Waals surface area contributed by atoms with Gasteiger partial charge in [0.05, 0.1) is 11.6 Å². The van der Waals surface area contributed by atoms with Gasteiger partial charge in [-0.25, -0.2) is 0 Å². The van der Waals surface area contributed by atoms with Crippen molar-refractivity contribution in [2.45, 2.75) is 6.42 Å². The van der Waals surface area contributed by atoms with Gasteiger partial charge >= 0.3 is 0 Å². The van der Waals surface area contributed by atoms with E-state index >= 15 is 0 Å². The number of ketones is 1. The predicted molar refractivity (Wildman–Crippen MR) is 82.9 cm³/mol. The average Bonchev–Trinajstić information content (AvgIpc) is 2.39. The highest BCUT2D eigenvalue weighted by Gasteiger charge is 2.09. The molecular weight excluding hydrogens is 372 g/mol. The zero-order chi connectivity index (χ0) is 13.8. The number of benzene rings is 2. The molecule has 2 aromatic rings. The van der Waals surface area contributed by atoms with Gasteiger partial charge < -0.3 is 4.74 Å². The number of methoxy groups -OCH3 is 1. The standard InChI is InChI=1S/C15H12Br2O2/c1-19-15-6-5-10(7-13(15)17)8-14(18)11-3-2-4-12(16)9-11/h2-7,9H,8H2,1H3. The van der Waals surface area contributed by atoms with E-state index in [1.807, 2.05) is 42.5 Å². The van der Waals surface area contributed by atoms with Crippen molar-refractivity contribution in [2.75, 3.05) is 7.11 Å². The third-order valence-electron chi connectivity index (χ3n) is 2.73. The lowest BCUT2D eigenvalue weighted by Gasteiger charge is -2.06. The Bertz CT molecular complexity index is 609. The number of halogens is 2. The van der Waals surface area contributed by atoms with Crippen LogP contribution in [0.4, 0.5) is 0 Å². The predicted octanol–water partition coefficient (Wildman–Crippen LogP) is 4.65. The normalized spacial score (nSPS) is 10.3. The van der Waals surface area contributed by atoms with Crippen LogP contribution in [0.25, 0.3) is 0 Å². The monoisotopic (exact) mass is 382 g/mol. The molecule has 0 aromatic heterocycles. The molecule has 0 spiro atoms. The molecule has 4 heteroatoms. The number of ether oxygens (including phenoxy) is 1. The van der Waals surface area contributed by atoms with Gasteiger partial charge in [0.15, 0.2) is 5.78 Å². The van der Waals surface area contributed by atoms with Crippen LogP contribution in [0.5, 0.6) is 5.75 Å². The molecule has 0 heterocycles. The van der Waals surface area contributed by atoms with Gasteiger partial charge in [0.2, 0.25) is 0 Å². The first kappa shape index (κ1) is 14.3. The van der Waals surface area contributed by atoms with Crippen LogP contribution in [-0.4, -0.2) is 12.9 Å². The van der Waals surface area contributed by atoms with Gasteiger partial charge in [-0.05, 0) is 45.8 Å². The molecule has 0 aliphatic carbocycles. The summed E-state index contributed by atoms with van der Waals surface area (Å²) in [7, 11) is 1.62. The van der Waals surface area contributed by atoms with Crippen molar-refractivity contribution >= 4 is 37.6 Å². The number of carbonyl (C=O) groups excluding carboxylic acids is 1. The van der Waals surface area contributed by atoms with E-state index < -0.39 is 0 Å². The number of hydrogen-bond donors (Lipinski definition) is 0. The second-order valence-electron chi connectivity index (χ2n) is 4.08. The van der Waals surface area contributed by atoms with Crippen LogP contribution in [0.1, 0.15) is 15.9 Å². The molecule has 0 bridgehead atoms. The zero-order valence-electron chi connectivity index (χ0n) is 10.3. The second-order valence-corrected chi connectivity index (χ2v) is 5.85. The lowest BCUT2D eigenvalue weighted by molar-refractivity contribution is 0.0993. The lowest BCUT2D eigenvalue weighted by atomic mass is 10.0. The number of hydrogen-bond acceptors (Lipinski definition) is 2. The number of rotatable bonds is 4. The largest absolute Gasteiger partial charge is 0.496 e. The molecular formula is C15H12Br2O2. The second kappa shape index (κ2) is 6.35. The smallest absolute Gasteiger partial charge is 0.167 e. The Kier molecular flexibility index (Phi) is 4.77. The molecule has 0 aliphatic rings. The van der Waals surface area contributed by atoms with E-state index in [-0.39, 0.29) is 5.78 Å². The fourth-order valence-corrected chi connectivity index (χ4v) is 2.76. The summed E-state index contributed by atoms with van der Waals surface area (Å²) in [6, 6.07) is 13.1. The Balaban J connectivity index is 2.17. The molecule has 0 N–H and O–H groups in total. The first-order valence-corrected chi connectivity index (χ1v) is 7.30. The van der Waals surface area contributed by atoms with E-state index in [1.54, 1.807) is 7.11 Å². The van der Waals surface area contributed by atoms with Gasteiger partial charge in [0.25, 0.3) is 0 Å². The van der Waals surface area contributed by atoms with Gasteiger partial charge in [-0.1, -0.05) is 34.1 Å². The zero-order valence-corrected chi connectivity index (χ0v) is 13.5. The molecule has 0 saturated heterocycles. The molecule has 2 nitrogen and oxygen atoms in total. The minimum absolute atomic E-state index is 0.0957. The molecule has 0 unspecified atom stereocenters. The molecule has 0 amide bonds. The highest BCUT2D eigenvalue weighted by molar-refractivity contribution is 9.10. The van der Waals surface area contributed by atoms with Crippen LogP contribution in [0.3, 0.4) is 0 Å². The highest BCUT2D eigenvalue weighted by Crippen LogP contribution is 2.26. The number of carbonyl (C=O) groups is 1. The lowest BCUT2D eigenvalue weighted by Crippen LogP contribution is -2.03. The van der Waals surface area contributed by atoms with Crippen molar-refractivity contribution in [3.8, 4) is 5.75 Å². The molecule has 0 radical (unpaired) electrons. The van der Waals surface area contributed by atoms with Crippen LogP contribution in [0, 0.1) is 0 Å². The van der Waals surface area contributed by atoms with Crippen molar-refractivity contribution in [2.24, 2.45) is 0 Å². The number of Topliss-reactive ketones (excluding diaryl/α,β-unsaturated/α-hetero) is 1. The van der Waals surface area contributed by atoms with Crippen molar-refractivity contribution in [3.63, 3.8) is 0 Å². The summed E-state index contributed by atoms with van der Waals surface area (Å²) < 4.78 is 6.93. The van der Waals surface area contributed by atoms with E-state index in [0.717, 1.165) is 20.3 Å². The van der Waals surface area contributed by atoms with Crippen LogP contribution in [0.2, 0.25) is 0 Å². The molecule has 98 valence electrons. The van der Waals surface area contributed by atoms with Crippen molar-refractivity contribution in [1.82, 2.24) is 0 Å². The topological polar surface area (TPSA) is 26.3 Å². The maximum absolute atomic E-state index is 12.2. The molecule has 0 saturated carbocycles. The minimum atomic E-state index is 0.0957. The first-order chi connectivity index (χ1) is 9.10. The maximum atomic E-state index is 12.2. The van der Waals surface area contributed by atoms with Crippen molar-refractivity contribution in [3.05, 3.63) is 62.5 Å². The van der Waals surface area contributed by atoms with E-state index in [9.17, 15) is 4.79 Å². The maximum Gasteiger partial charge on any atom is 0.167 e. The fraction of sp³-hybridized carbons (Fsp3) is 0.133. The van der Waals surface area contributed by atoms with Crippen LogP contribution >= 0.6 is 31.9 Å². The summed E-state index contributed by atoms with van der Waals surface area (Å²) >= 11 is 6.79. The summed E-state index contributed by atoms with van der Waals surface area (Å²) in [5.74, 6) is 0.858. The quantitative estimate of drug-likeness (QED) is 0.718.